The van der Waals surface area contributed by atoms with Crippen molar-refractivity contribution in [3.63, 3.8) is 0 Å². The summed E-state index contributed by atoms with van der Waals surface area (Å²) in [4.78, 5) is 27.8. The van der Waals surface area contributed by atoms with Gasteiger partial charge in [0.25, 0.3) is 0 Å². The quantitative estimate of drug-likeness (QED) is 0.505. The van der Waals surface area contributed by atoms with Crippen LogP contribution in [0.2, 0.25) is 0 Å². The molecule has 0 aliphatic carbocycles. The second-order valence-corrected chi connectivity index (χ2v) is 10.5. The molecule has 2 aromatic rings. The molecule has 1 aliphatic rings. The number of hydrogen-bond acceptors (Lipinski definition) is 6. The van der Waals surface area contributed by atoms with E-state index in [4.69, 9.17) is 9.47 Å². The molecule has 10 heteroatoms. The maximum atomic E-state index is 13.5. The Morgan fingerprint density at radius 1 is 1.06 bits per heavy atom. The fourth-order valence-corrected chi connectivity index (χ4v) is 4.53. The number of anilines is 1. The smallest absolute Gasteiger partial charge is 0.244 e. The van der Waals surface area contributed by atoms with Crippen molar-refractivity contribution in [1.82, 2.24) is 10.2 Å². The van der Waals surface area contributed by atoms with Crippen molar-refractivity contribution in [3.8, 4) is 11.5 Å². The van der Waals surface area contributed by atoms with E-state index in [1.165, 1.54) is 11.0 Å². The van der Waals surface area contributed by atoms with Crippen LogP contribution >= 0.6 is 0 Å². The fraction of sp³-hybridized carbons (Fsp3) is 0.440. The number of benzene rings is 2. The number of sulfonamides is 1. The molecule has 2 amide bonds. The van der Waals surface area contributed by atoms with Gasteiger partial charge in [0.05, 0.1) is 11.9 Å². The first kappa shape index (κ1) is 26.3. The lowest BCUT2D eigenvalue weighted by molar-refractivity contribution is -0.139. The van der Waals surface area contributed by atoms with Crippen molar-refractivity contribution in [1.29, 1.82) is 0 Å². The number of carbonyl (C=O) groups is 2. The lowest BCUT2D eigenvalue weighted by Crippen LogP contribution is -2.53. The minimum atomic E-state index is -3.81. The van der Waals surface area contributed by atoms with Gasteiger partial charge < -0.3 is 19.7 Å². The molecule has 1 aliphatic heterocycles. The Kier molecular flexibility index (Phi) is 8.61. The number of carbonyl (C=O) groups excluding carboxylic acids is 2. The van der Waals surface area contributed by atoms with Crippen molar-refractivity contribution in [3.05, 3.63) is 54.1 Å². The number of fused-ring (bicyclic) bond motifs is 1. The van der Waals surface area contributed by atoms with Gasteiger partial charge in [0.15, 0.2) is 11.5 Å². The van der Waals surface area contributed by atoms with Gasteiger partial charge in [0, 0.05) is 18.7 Å². The fourth-order valence-electron chi connectivity index (χ4n) is 3.69. The molecule has 0 saturated carbocycles. The summed E-state index contributed by atoms with van der Waals surface area (Å²) in [5.41, 5.74) is 1.29. The Balaban J connectivity index is 1.85. The van der Waals surface area contributed by atoms with Crippen LogP contribution in [0.5, 0.6) is 11.5 Å². The molecule has 0 aromatic heterocycles. The first-order valence-corrected chi connectivity index (χ1v) is 13.5. The standard InChI is InChI=1S/C25H33N3O6S/c1-5-18(2)26-25(30)19(3)27(14-13-20-9-7-6-8-10-20)24(29)16-28(35(4,31)32)21-11-12-22-23(15-21)34-17-33-22/h6-12,15,18-19H,5,13-14,16-17H2,1-4H3,(H,26,30)/t18-,19+/m1/s1. The predicted molar refractivity (Wildman–Crippen MR) is 134 cm³/mol. The van der Waals surface area contributed by atoms with Crippen LogP contribution in [0.1, 0.15) is 32.8 Å². The van der Waals surface area contributed by atoms with Gasteiger partial charge in [-0.15, -0.1) is 0 Å². The highest BCUT2D eigenvalue weighted by Crippen LogP contribution is 2.36. The zero-order valence-electron chi connectivity index (χ0n) is 20.6. The minimum Gasteiger partial charge on any atom is -0.454 e. The largest absolute Gasteiger partial charge is 0.454 e. The molecule has 2 atom stereocenters. The summed E-state index contributed by atoms with van der Waals surface area (Å²) in [7, 11) is -3.81. The molecule has 0 saturated heterocycles. The van der Waals surface area contributed by atoms with Gasteiger partial charge in [-0.3, -0.25) is 13.9 Å². The normalized spacial score (nSPS) is 14.2. The molecule has 35 heavy (non-hydrogen) atoms. The first-order chi connectivity index (χ1) is 16.6. The molecule has 9 nitrogen and oxygen atoms in total. The summed E-state index contributed by atoms with van der Waals surface area (Å²) in [6.45, 7) is 5.37. The van der Waals surface area contributed by atoms with E-state index in [1.54, 1.807) is 19.1 Å². The van der Waals surface area contributed by atoms with E-state index in [0.717, 1.165) is 22.5 Å². The van der Waals surface area contributed by atoms with Gasteiger partial charge in [-0.2, -0.15) is 0 Å². The summed E-state index contributed by atoms with van der Waals surface area (Å²) in [5.74, 6) is 0.157. The average molecular weight is 504 g/mol. The van der Waals surface area contributed by atoms with E-state index in [2.05, 4.69) is 5.32 Å². The third kappa shape index (κ3) is 6.88. The Morgan fingerprint density at radius 2 is 1.74 bits per heavy atom. The van der Waals surface area contributed by atoms with E-state index in [1.807, 2.05) is 44.2 Å². The van der Waals surface area contributed by atoms with Crippen LogP contribution in [0.25, 0.3) is 0 Å². The van der Waals surface area contributed by atoms with E-state index in [-0.39, 0.29) is 31.0 Å². The second-order valence-electron chi connectivity index (χ2n) is 8.62. The molecule has 1 heterocycles. The number of hydrogen-bond donors (Lipinski definition) is 1. The Hall–Kier alpha value is -3.27. The number of nitrogens with one attached hydrogen (secondary N) is 1. The lowest BCUT2D eigenvalue weighted by atomic mass is 10.1. The second kappa shape index (κ2) is 11.4. The topological polar surface area (TPSA) is 105 Å². The molecule has 0 radical (unpaired) electrons. The molecule has 0 fully saturated rings. The van der Waals surface area contributed by atoms with E-state index >= 15 is 0 Å². The monoisotopic (exact) mass is 503 g/mol. The van der Waals surface area contributed by atoms with Gasteiger partial charge in [-0.1, -0.05) is 37.3 Å². The third-order valence-corrected chi connectivity index (χ3v) is 7.12. The van der Waals surface area contributed by atoms with Crippen molar-refractivity contribution < 1.29 is 27.5 Å². The molecule has 1 N–H and O–H groups in total. The zero-order valence-corrected chi connectivity index (χ0v) is 21.4. The van der Waals surface area contributed by atoms with Crippen LogP contribution in [0.15, 0.2) is 48.5 Å². The van der Waals surface area contributed by atoms with Gasteiger partial charge >= 0.3 is 0 Å². The zero-order chi connectivity index (χ0) is 25.6. The van der Waals surface area contributed by atoms with Crippen LogP contribution in [0, 0.1) is 0 Å². The van der Waals surface area contributed by atoms with Gasteiger partial charge in [0.1, 0.15) is 12.6 Å². The highest BCUT2D eigenvalue weighted by molar-refractivity contribution is 7.92. The van der Waals surface area contributed by atoms with Crippen molar-refractivity contribution in [2.24, 2.45) is 0 Å². The Morgan fingerprint density at radius 3 is 2.40 bits per heavy atom. The Labute approximate surface area is 207 Å². The number of ether oxygens (including phenoxy) is 2. The minimum absolute atomic E-state index is 0.0443. The molecular formula is C25H33N3O6S. The summed E-state index contributed by atoms with van der Waals surface area (Å²) < 4.78 is 37.0. The summed E-state index contributed by atoms with van der Waals surface area (Å²) in [5, 5.41) is 2.91. The average Bonchev–Trinajstić information content (AvgIpc) is 3.30. The third-order valence-electron chi connectivity index (χ3n) is 5.98. The molecule has 0 bridgehead atoms. The van der Waals surface area contributed by atoms with E-state index in [9.17, 15) is 18.0 Å². The summed E-state index contributed by atoms with van der Waals surface area (Å²) in [6.07, 6.45) is 2.32. The predicted octanol–water partition coefficient (Wildman–Crippen LogP) is 2.56. The molecule has 0 spiro atoms. The van der Waals surface area contributed by atoms with Crippen LogP contribution in [0.4, 0.5) is 5.69 Å². The van der Waals surface area contributed by atoms with Crippen LogP contribution in [-0.2, 0) is 26.0 Å². The number of nitrogens with zero attached hydrogens (tertiary/aromatic N) is 2. The Bertz CT molecular complexity index is 1140. The lowest BCUT2D eigenvalue weighted by Gasteiger charge is -2.32. The van der Waals surface area contributed by atoms with Gasteiger partial charge in [-0.05, 0) is 44.4 Å². The highest BCUT2D eigenvalue weighted by Gasteiger charge is 2.30. The maximum absolute atomic E-state index is 13.5. The van der Waals surface area contributed by atoms with Gasteiger partial charge in [-0.25, -0.2) is 8.42 Å². The van der Waals surface area contributed by atoms with E-state index < -0.39 is 28.5 Å². The van der Waals surface area contributed by atoms with Crippen LogP contribution < -0.4 is 19.1 Å². The van der Waals surface area contributed by atoms with Gasteiger partial charge in [0.2, 0.25) is 28.6 Å². The first-order valence-electron chi connectivity index (χ1n) is 11.6. The highest BCUT2D eigenvalue weighted by atomic mass is 32.2. The number of amides is 2. The molecule has 0 unspecified atom stereocenters. The molecule has 3 rings (SSSR count). The van der Waals surface area contributed by atoms with Crippen LogP contribution in [-0.4, -0.2) is 63.4 Å². The molecule has 190 valence electrons. The van der Waals surface area contributed by atoms with Crippen molar-refractivity contribution in [2.45, 2.75) is 45.7 Å². The van der Waals surface area contributed by atoms with E-state index in [0.29, 0.717) is 17.9 Å². The maximum Gasteiger partial charge on any atom is 0.244 e. The van der Waals surface area contributed by atoms with Crippen LogP contribution in [0.3, 0.4) is 0 Å². The van der Waals surface area contributed by atoms with Crippen molar-refractivity contribution >= 4 is 27.5 Å². The SMILES string of the molecule is CC[C@@H](C)NC(=O)[C@H](C)N(CCc1ccccc1)C(=O)CN(c1ccc2c(c1)OCO2)S(C)(=O)=O. The molecule has 2 aromatic carbocycles. The molecular weight excluding hydrogens is 470 g/mol. The summed E-state index contributed by atoms with van der Waals surface area (Å²) >= 11 is 0. The number of rotatable bonds is 11. The van der Waals surface area contributed by atoms with Crippen molar-refractivity contribution in [2.75, 3.05) is 30.4 Å². The summed E-state index contributed by atoms with van der Waals surface area (Å²) in [6, 6.07) is 13.5.